The van der Waals surface area contributed by atoms with Gasteiger partial charge >= 0.3 is 5.97 Å². The maximum atomic E-state index is 11.6. The maximum absolute atomic E-state index is 11.6. The summed E-state index contributed by atoms with van der Waals surface area (Å²) in [6.07, 6.45) is 3.94. The summed E-state index contributed by atoms with van der Waals surface area (Å²) in [6, 6.07) is 3.47. The number of imidazole rings is 1. The first kappa shape index (κ1) is 13.4. The predicted molar refractivity (Wildman–Crippen MR) is 76.4 cm³/mol. The molecule has 3 heterocycles. The molecule has 1 aliphatic heterocycles. The third-order valence-corrected chi connectivity index (χ3v) is 4.03. The van der Waals surface area contributed by atoms with E-state index in [9.17, 15) is 4.79 Å². The summed E-state index contributed by atoms with van der Waals surface area (Å²) in [5.41, 5.74) is 1.24. The number of halogens is 1. The zero-order chi connectivity index (χ0) is 14.1. The molecule has 1 N–H and O–H groups in total. The van der Waals surface area contributed by atoms with Crippen molar-refractivity contribution in [2.75, 3.05) is 20.2 Å². The molecule has 0 bridgehead atoms. The maximum Gasteiger partial charge on any atom is 0.337 e. The fourth-order valence-electron chi connectivity index (χ4n) is 2.68. The molecule has 0 aliphatic carbocycles. The van der Waals surface area contributed by atoms with E-state index in [2.05, 4.69) is 10.3 Å². The van der Waals surface area contributed by atoms with Crippen molar-refractivity contribution in [1.82, 2.24) is 14.7 Å². The molecule has 0 spiro atoms. The van der Waals surface area contributed by atoms with Gasteiger partial charge < -0.3 is 14.5 Å². The molecule has 1 aliphatic rings. The molecule has 0 amide bonds. The van der Waals surface area contributed by atoms with Gasteiger partial charge in [0.25, 0.3) is 0 Å². The number of methoxy groups -OCH3 is 1. The number of fused-ring (bicyclic) bond motifs is 1. The summed E-state index contributed by atoms with van der Waals surface area (Å²) >= 11 is 6.22. The second-order valence-corrected chi connectivity index (χ2v) is 5.31. The third-order valence-electron chi connectivity index (χ3n) is 3.75. The van der Waals surface area contributed by atoms with Gasteiger partial charge in [0, 0.05) is 12.1 Å². The fraction of sp³-hybridized carbons (Fsp3) is 0.429. The molecule has 6 heteroatoms. The topological polar surface area (TPSA) is 55.6 Å². The first-order chi connectivity index (χ1) is 9.70. The fourth-order valence-corrected chi connectivity index (χ4v) is 2.92. The number of hydrogen-bond acceptors (Lipinski definition) is 4. The van der Waals surface area contributed by atoms with Crippen LogP contribution in [-0.4, -0.2) is 35.6 Å². The lowest BCUT2D eigenvalue weighted by Crippen LogP contribution is -2.27. The Morgan fingerprint density at radius 1 is 1.50 bits per heavy atom. The zero-order valence-corrected chi connectivity index (χ0v) is 12.0. The Bertz CT molecular complexity index is 647. The SMILES string of the molecule is COC(=O)c1ccn2c(C3CCNCC3)nc(Cl)c2c1. The van der Waals surface area contributed by atoms with E-state index >= 15 is 0 Å². The minimum Gasteiger partial charge on any atom is -0.465 e. The minimum atomic E-state index is -0.367. The normalized spacial score (nSPS) is 16.5. The Labute approximate surface area is 121 Å². The molecule has 2 aromatic rings. The van der Waals surface area contributed by atoms with E-state index in [4.69, 9.17) is 16.3 Å². The Kier molecular flexibility index (Phi) is 3.63. The molecule has 20 heavy (non-hydrogen) atoms. The molecule has 0 aromatic carbocycles. The van der Waals surface area contributed by atoms with Crippen molar-refractivity contribution in [2.24, 2.45) is 0 Å². The van der Waals surface area contributed by atoms with Crippen LogP contribution in [0.1, 0.15) is 34.9 Å². The van der Waals surface area contributed by atoms with Crippen LogP contribution in [0.3, 0.4) is 0 Å². The van der Waals surface area contributed by atoms with Crippen LogP contribution in [0.5, 0.6) is 0 Å². The highest BCUT2D eigenvalue weighted by Crippen LogP contribution is 2.29. The highest BCUT2D eigenvalue weighted by molar-refractivity contribution is 6.32. The molecule has 1 saturated heterocycles. The number of esters is 1. The van der Waals surface area contributed by atoms with Gasteiger partial charge in [0.05, 0.1) is 18.2 Å². The van der Waals surface area contributed by atoms with E-state index < -0.39 is 0 Å². The molecular weight excluding hydrogens is 278 g/mol. The summed E-state index contributed by atoms with van der Waals surface area (Å²) in [5.74, 6) is 1.01. The standard InChI is InChI=1S/C14H16ClN3O2/c1-20-14(19)10-4-7-18-11(8-10)12(15)17-13(18)9-2-5-16-6-3-9/h4,7-9,16H,2-3,5-6H2,1H3. The van der Waals surface area contributed by atoms with Crippen molar-refractivity contribution in [3.63, 3.8) is 0 Å². The van der Waals surface area contributed by atoms with Crippen LogP contribution >= 0.6 is 11.6 Å². The molecule has 1 fully saturated rings. The Balaban J connectivity index is 2.05. The number of nitrogens with one attached hydrogen (secondary N) is 1. The summed E-state index contributed by atoms with van der Waals surface area (Å²) in [5, 5.41) is 3.77. The van der Waals surface area contributed by atoms with Crippen LogP contribution < -0.4 is 5.32 Å². The lowest BCUT2D eigenvalue weighted by molar-refractivity contribution is 0.0600. The minimum absolute atomic E-state index is 0.367. The first-order valence-electron chi connectivity index (χ1n) is 6.67. The average molecular weight is 294 g/mol. The Morgan fingerprint density at radius 2 is 2.25 bits per heavy atom. The van der Waals surface area contributed by atoms with E-state index in [0.29, 0.717) is 16.6 Å². The predicted octanol–water partition coefficient (Wildman–Crippen LogP) is 2.24. The van der Waals surface area contributed by atoms with Crippen LogP contribution in [0, 0.1) is 0 Å². The quantitative estimate of drug-likeness (QED) is 0.863. The van der Waals surface area contributed by atoms with Gasteiger partial charge in [-0.15, -0.1) is 0 Å². The number of piperidine rings is 1. The number of pyridine rings is 1. The zero-order valence-electron chi connectivity index (χ0n) is 11.2. The number of ether oxygens (including phenoxy) is 1. The van der Waals surface area contributed by atoms with Crippen molar-refractivity contribution in [1.29, 1.82) is 0 Å². The van der Waals surface area contributed by atoms with E-state index in [1.54, 1.807) is 12.1 Å². The van der Waals surface area contributed by atoms with Gasteiger partial charge in [-0.25, -0.2) is 9.78 Å². The number of nitrogens with zero attached hydrogens (tertiary/aromatic N) is 2. The molecule has 5 nitrogen and oxygen atoms in total. The van der Waals surface area contributed by atoms with Crippen molar-refractivity contribution in [2.45, 2.75) is 18.8 Å². The van der Waals surface area contributed by atoms with Crippen molar-refractivity contribution >= 4 is 23.1 Å². The second kappa shape index (κ2) is 5.42. The molecule has 2 aromatic heterocycles. The number of carbonyl (C=O) groups is 1. The number of hydrogen-bond donors (Lipinski definition) is 1. The van der Waals surface area contributed by atoms with Crippen molar-refractivity contribution in [3.8, 4) is 0 Å². The lowest BCUT2D eigenvalue weighted by atomic mass is 9.97. The van der Waals surface area contributed by atoms with Gasteiger partial charge in [-0.1, -0.05) is 11.6 Å². The molecule has 0 unspecified atom stereocenters. The van der Waals surface area contributed by atoms with Gasteiger partial charge in [0.15, 0.2) is 5.15 Å². The average Bonchev–Trinajstić information content (AvgIpc) is 2.84. The van der Waals surface area contributed by atoms with E-state index in [1.807, 2.05) is 10.6 Å². The largest absolute Gasteiger partial charge is 0.465 e. The van der Waals surface area contributed by atoms with Crippen molar-refractivity contribution in [3.05, 3.63) is 34.9 Å². The van der Waals surface area contributed by atoms with Crippen LogP contribution in [0.15, 0.2) is 18.3 Å². The highest BCUT2D eigenvalue weighted by atomic mass is 35.5. The molecular formula is C14H16ClN3O2. The molecule has 0 saturated carbocycles. The van der Waals surface area contributed by atoms with Gasteiger partial charge in [0.2, 0.25) is 0 Å². The number of aromatic nitrogens is 2. The second-order valence-electron chi connectivity index (χ2n) is 4.95. The number of rotatable bonds is 2. The summed E-state index contributed by atoms with van der Waals surface area (Å²) in [7, 11) is 1.37. The summed E-state index contributed by atoms with van der Waals surface area (Å²) in [4.78, 5) is 16.1. The van der Waals surface area contributed by atoms with Gasteiger partial charge in [-0.05, 0) is 38.1 Å². The highest BCUT2D eigenvalue weighted by Gasteiger charge is 2.22. The van der Waals surface area contributed by atoms with Crippen LogP contribution in [0.25, 0.3) is 5.52 Å². The van der Waals surface area contributed by atoms with E-state index in [-0.39, 0.29) is 5.97 Å². The van der Waals surface area contributed by atoms with E-state index in [1.165, 1.54) is 7.11 Å². The Hall–Kier alpha value is -1.59. The van der Waals surface area contributed by atoms with Crippen LogP contribution in [-0.2, 0) is 4.74 Å². The molecule has 106 valence electrons. The van der Waals surface area contributed by atoms with Gasteiger partial charge in [-0.3, -0.25) is 0 Å². The van der Waals surface area contributed by atoms with Crippen molar-refractivity contribution < 1.29 is 9.53 Å². The van der Waals surface area contributed by atoms with Crippen LogP contribution in [0.2, 0.25) is 5.15 Å². The molecule has 0 radical (unpaired) electrons. The van der Waals surface area contributed by atoms with Crippen LogP contribution in [0.4, 0.5) is 0 Å². The van der Waals surface area contributed by atoms with Gasteiger partial charge in [-0.2, -0.15) is 0 Å². The first-order valence-corrected chi connectivity index (χ1v) is 7.05. The smallest absolute Gasteiger partial charge is 0.337 e. The molecule has 0 atom stereocenters. The Morgan fingerprint density at radius 3 is 2.95 bits per heavy atom. The number of carbonyl (C=O) groups excluding carboxylic acids is 1. The van der Waals surface area contributed by atoms with Gasteiger partial charge in [0.1, 0.15) is 5.82 Å². The summed E-state index contributed by atoms with van der Waals surface area (Å²) < 4.78 is 6.71. The lowest BCUT2D eigenvalue weighted by Gasteiger charge is -2.21. The van der Waals surface area contributed by atoms with E-state index in [0.717, 1.165) is 37.3 Å². The molecule has 3 rings (SSSR count). The summed E-state index contributed by atoms with van der Waals surface area (Å²) in [6.45, 7) is 1.99. The third kappa shape index (κ3) is 2.27. The monoisotopic (exact) mass is 293 g/mol.